The van der Waals surface area contributed by atoms with E-state index in [1.807, 2.05) is 25.7 Å². The lowest BCUT2D eigenvalue weighted by Gasteiger charge is -2.37. The molecule has 5 atom stereocenters. The number of hydrogen-bond donors (Lipinski definition) is 1. The summed E-state index contributed by atoms with van der Waals surface area (Å²) in [6.07, 6.45) is 1.67. The van der Waals surface area contributed by atoms with E-state index in [9.17, 15) is 18.4 Å². The van der Waals surface area contributed by atoms with E-state index in [4.69, 9.17) is 11.6 Å². The van der Waals surface area contributed by atoms with Crippen LogP contribution < -0.4 is 5.32 Å². The van der Waals surface area contributed by atoms with Crippen LogP contribution >= 0.6 is 11.6 Å². The number of hydrogen-bond acceptors (Lipinski definition) is 2. The van der Waals surface area contributed by atoms with Crippen LogP contribution in [0.1, 0.15) is 52.1 Å². The highest BCUT2D eigenvalue weighted by atomic mass is 35.5. The molecule has 1 aliphatic heterocycles. The number of amides is 2. The molecule has 0 radical (unpaired) electrons. The van der Waals surface area contributed by atoms with Gasteiger partial charge in [0.25, 0.3) is 0 Å². The summed E-state index contributed by atoms with van der Waals surface area (Å²) in [4.78, 5) is 26.7. The molecule has 4 nitrogen and oxygen atoms in total. The molecule has 7 heteroatoms. The van der Waals surface area contributed by atoms with Gasteiger partial charge in [-0.1, -0.05) is 32.4 Å². The number of piperidine rings is 1. The van der Waals surface area contributed by atoms with Gasteiger partial charge in [0.05, 0.1) is 11.1 Å². The Morgan fingerprint density at radius 3 is 2.61 bits per heavy atom. The van der Waals surface area contributed by atoms with Crippen LogP contribution in [0.3, 0.4) is 0 Å². The summed E-state index contributed by atoms with van der Waals surface area (Å²) in [5, 5.41) is 2.72. The maximum atomic E-state index is 14.6. The Kier molecular flexibility index (Phi) is 4.31. The van der Waals surface area contributed by atoms with Gasteiger partial charge in [-0.3, -0.25) is 9.59 Å². The second-order valence-electron chi connectivity index (χ2n) is 9.54. The maximum Gasteiger partial charge on any atom is 0.224 e. The first-order chi connectivity index (χ1) is 13.0. The minimum Gasteiger partial charge on any atom is -0.348 e. The molecule has 2 aliphatic carbocycles. The average molecular weight is 411 g/mol. The van der Waals surface area contributed by atoms with Gasteiger partial charge < -0.3 is 10.2 Å². The minimum atomic E-state index is -0.849. The van der Waals surface area contributed by atoms with E-state index < -0.39 is 23.1 Å². The summed E-state index contributed by atoms with van der Waals surface area (Å²) in [6, 6.07) is 1.60. The molecule has 28 heavy (non-hydrogen) atoms. The third kappa shape index (κ3) is 2.67. The molecule has 3 aliphatic rings. The number of nitrogens with zero attached hydrogens (tertiary/aromatic N) is 1. The molecule has 152 valence electrons. The smallest absolute Gasteiger partial charge is 0.224 e. The van der Waals surface area contributed by atoms with E-state index in [-0.39, 0.29) is 45.7 Å². The van der Waals surface area contributed by atoms with Crippen LogP contribution in [0.4, 0.5) is 8.78 Å². The lowest BCUT2D eigenvalue weighted by molar-refractivity contribution is -0.133. The molecule has 3 fully saturated rings. The lowest BCUT2D eigenvalue weighted by atomic mass is 9.72. The van der Waals surface area contributed by atoms with Crippen molar-refractivity contribution >= 4 is 23.4 Å². The Bertz CT molecular complexity index is 869. The van der Waals surface area contributed by atoms with E-state index in [2.05, 4.69) is 5.32 Å². The molecule has 2 saturated carbocycles. The summed E-state index contributed by atoms with van der Waals surface area (Å²) in [7, 11) is 0. The maximum absolute atomic E-state index is 14.6. The molecule has 0 aromatic heterocycles. The summed E-state index contributed by atoms with van der Waals surface area (Å²) in [5.41, 5.74) is -0.727. The number of carbonyl (C=O) groups is 2. The van der Waals surface area contributed by atoms with Crippen LogP contribution in [0.5, 0.6) is 0 Å². The standard InChI is InChI=1S/C21H25ClF2N2O2/c1-10(27)26-8-7-21-9-11(15(21)18(21)26)19(28)25-17(20(2,3)4)14-13(23)6-5-12(22)16(14)24/h5-6,11,15,17-18H,7-9H2,1-4H3,(H,25,28)/t11-,15?,17?,18?,21-/m0/s1. The van der Waals surface area contributed by atoms with Gasteiger partial charge in [0.2, 0.25) is 11.8 Å². The van der Waals surface area contributed by atoms with Gasteiger partial charge in [0.1, 0.15) is 11.6 Å². The molecule has 1 aromatic carbocycles. The zero-order chi connectivity index (χ0) is 20.6. The van der Waals surface area contributed by atoms with Crippen molar-refractivity contribution < 1.29 is 18.4 Å². The molecule has 1 heterocycles. The lowest BCUT2D eigenvalue weighted by Crippen LogP contribution is -2.46. The van der Waals surface area contributed by atoms with Gasteiger partial charge in [-0.25, -0.2) is 8.78 Å². The Morgan fingerprint density at radius 1 is 1.32 bits per heavy atom. The van der Waals surface area contributed by atoms with Crippen molar-refractivity contribution in [3.8, 4) is 0 Å². The van der Waals surface area contributed by atoms with E-state index in [1.165, 1.54) is 6.07 Å². The van der Waals surface area contributed by atoms with Crippen molar-refractivity contribution in [1.29, 1.82) is 0 Å². The molecule has 3 unspecified atom stereocenters. The Balaban J connectivity index is 1.55. The zero-order valence-electron chi connectivity index (χ0n) is 16.5. The molecule has 1 saturated heterocycles. The van der Waals surface area contributed by atoms with Crippen LogP contribution in [-0.4, -0.2) is 29.3 Å². The number of carbonyl (C=O) groups excluding carboxylic acids is 2. The monoisotopic (exact) mass is 410 g/mol. The fourth-order valence-electron chi connectivity index (χ4n) is 5.53. The van der Waals surface area contributed by atoms with E-state index >= 15 is 0 Å². The molecule has 2 amide bonds. The number of rotatable bonds is 3. The zero-order valence-corrected chi connectivity index (χ0v) is 17.2. The normalized spacial score (nSPS) is 31.5. The van der Waals surface area contributed by atoms with E-state index in [0.717, 1.165) is 25.5 Å². The van der Waals surface area contributed by atoms with E-state index in [0.29, 0.717) is 0 Å². The average Bonchev–Trinajstić information content (AvgIpc) is 2.88. The van der Waals surface area contributed by atoms with Crippen molar-refractivity contribution in [3.63, 3.8) is 0 Å². The third-order valence-electron chi connectivity index (χ3n) is 6.93. The number of fused-ring (bicyclic) bond motifs is 1. The molecule has 0 bridgehead atoms. The van der Waals surface area contributed by atoms with Crippen LogP contribution in [0.15, 0.2) is 12.1 Å². The quantitative estimate of drug-likeness (QED) is 0.763. The molecule has 1 spiro atoms. The Labute approximate surface area is 168 Å². The largest absolute Gasteiger partial charge is 0.348 e. The Morgan fingerprint density at radius 2 is 2.00 bits per heavy atom. The fourth-order valence-corrected chi connectivity index (χ4v) is 5.70. The molecular formula is C21H25ClF2N2O2. The van der Waals surface area contributed by atoms with Crippen molar-refractivity contribution in [2.75, 3.05) is 6.54 Å². The second kappa shape index (κ2) is 6.15. The van der Waals surface area contributed by atoms with E-state index in [1.54, 1.807) is 6.92 Å². The first kappa shape index (κ1) is 19.6. The summed E-state index contributed by atoms with van der Waals surface area (Å²) < 4.78 is 29.1. The Hall–Kier alpha value is -1.69. The third-order valence-corrected chi connectivity index (χ3v) is 7.23. The van der Waals surface area contributed by atoms with Crippen LogP contribution in [-0.2, 0) is 9.59 Å². The first-order valence-electron chi connectivity index (χ1n) is 9.70. The first-order valence-corrected chi connectivity index (χ1v) is 10.1. The number of likely N-dealkylation sites (tertiary alicyclic amines) is 1. The predicted octanol–water partition coefficient (Wildman–Crippen LogP) is 4.08. The molecule has 4 rings (SSSR count). The van der Waals surface area contributed by atoms with Gasteiger partial charge in [-0.15, -0.1) is 0 Å². The second-order valence-corrected chi connectivity index (χ2v) is 9.95. The van der Waals surface area contributed by atoms with Gasteiger partial charge in [0, 0.05) is 31.0 Å². The van der Waals surface area contributed by atoms with Crippen LogP contribution in [0.25, 0.3) is 0 Å². The highest BCUT2D eigenvalue weighted by Gasteiger charge is 2.80. The molecule has 1 N–H and O–H groups in total. The van der Waals surface area contributed by atoms with Gasteiger partial charge in [-0.05, 0) is 41.7 Å². The van der Waals surface area contributed by atoms with Crippen LogP contribution in [0.2, 0.25) is 5.02 Å². The van der Waals surface area contributed by atoms with Crippen molar-refractivity contribution in [2.45, 2.75) is 52.6 Å². The highest BCUT2D eigenvalue weighted by Crippen LogP contribution is 2.76. The van der Waals surface area contributed by atoms with Crippen molar-refractivity contribution in [3.05, 3.63) is 34.4 Å². The summed E-state index contributed by atoms with van der Waals surface area (Å²) >= 11 is 5.87. The summed E-state index contributed by atoms with van der Waals surface area (Å²) in [6.45, 7) is 7.79. The summed E-state index contributed by atoms with van der Waals surface area (Å²) in [5.74, 6) is -1.77. The van der Waals surface area contributed by atoms with Crippen molar-refractivity contribution in [2.24, 2.45) is 22.7 Å². The van der Waals surface area contributed by atoms with Gasteiger partial charge in [-0.2, -0.15) is 0 Å². The van der Waals surface area contributed by atoms with Crippen LogP contribution in [0, 0.1) is 34.3 Å². The van der Waals surface area contributed by atoms with Gasteiger partial charge in [0.15, 0.2) is 0 Å². The molecule has 1 aromatic rings. The number of nitrogens with one attached hydrogen (secondary N) is 1. The SMILES string of the molecule is CC(=O)N1CC[C@]23C[C@H](C(=O)NC(c4c(F)ccc(Cl)c4F)C(C)(C)C)C2C13. The van der Waals surface area contributed by atoms with Crippen molar-refractivity contribution in [1.82, 2.24) is 10.2 Å². The fraction of sp³-hybridized carbons (Fsp3) is 0.619. The highest BCUT2D eigenvalue weighted by molar-refractivity contribution is 6.30. The topological polar surface area (TPSA) is 49.4 Å². The molecular weight excluding hydrogens is 386 g/mol. The number of halogens is 3. The minimum absolute atomic E-state index is 0.0473. The number of benzene rings is 1. The predicted molar refractivity (Wildman–Crippen MR) is 102 cm³/mol. The van der Waals surface area contributed by atoms with Gasteiger partial charge >= 0.3 is 0 Å².